The van der Waals surface area contributed by atoms with Gasteiger partial charge in [-0.3, -0.25) is 9.59 Å². The van der Waals surface area contributed by atoms with Crippen LogP contribution in [0.2, 0.25) is 0 Å². The van der Waals surface area contributed by atoms with Crippen LogP contribution in [-0.4, -0.2) is 74.6 Å². The summed E-state index contributed by atoms with van der Waals surface area (Å²) >= 11 is 0. The molecule has 0 aromatic carbocycles. The van der Waals surface area contributed by atoms with E-state index in [0.29, 0.717) is 26.2 Å². The number of nitrogens with zero attached hydrogens (tertiary/aromatic N) is 2. The van der Waals surface area contributed by atoms with Crippen molar-refractivity contribution in [2.24, 2.45) is 0 Å². The van der Waals surface area contributed by atoms with Crippen molar-refractivity contribution in [3.63, 3.8) is 0 Å². The molecule has 6 heteroatoms. The summed E-state index contributed by atoms with van der Waals surface area (Å²) in [5.41, 5.74) is 0. The quantitative estimate of drug-likeness (QED) is 0.613. The molecule has 0 radical (unpaired) electrons. The Bertz CT molecular complexity index is 294. The molecular weight excluding hydrogens is 234 g/mol. The zero-order valence-corrected chi connectivity index (χ0v) is 11.4. The Kier molecular flexibility index (Phi) is 6.07. The summed E-state index contributed by atoms with van der Waals surface area (Å²) in [5.74, 6) is -0.0944. The Labute approximate surface area is 108 Å². The van der Waals surface area contributed by atoms with Crippen LogP contribution in [-0.2, 0) is 14.3 Å². The van der Waals surface area contributed by atoms with Crippen LogP contribution in [0.3, 0.4) is 0 Å². The lowest BCUT2D eigenvalue weighted by molar-refractivity contribution is -0.146. The summed E-state index contributed by atoms with van der Waals surface area (Å²) < 4.78 is 5.46. The Morgan fingerprint density at radius 3 is 2.72 bits per heavy atom. The maximum atomic E-state index is 11.7. The van der Waals surface area contributed by atoms with Gasteiger partial charge in [0.15, 0.2) is 0 Å². The fraction of sp³-hybridized carbons (Fsp3) is 0.833. The largest absolute Gasteiger partial charge is 0.378 e. The topological polar surface area (TPSA) is 61.9 Å². The first-order chi connectivity index (χ1) is 8.56. The van der Waals surface area contributed by atoms with Gasteiger partial charge >= 0.3 is 0 Å². The first-order valence-electron chi connectivity index (χ1n) is 6.36. The molecule has 0 spiro atoms. The number of carbonyl (C=O) groups excluding carboxylic acids is 2. The Morgan fingerprint density at radius 1 is 1.39 bits per heavy atom. The molecular formula is C12H23N3O3. The van der Waals surface area contributed by atoms with Gasteiger partial charge in [0.1, 0.15) is 6.04 Å². The molecule has 1 aliphatic heterocycles. The molecule has 1 atom stereocenters. The molecule has 1 heterocycles. The van der Waals surface area contributed by atoms with Gasteiger partial charge in [-0.1, -0.05) is 6.92 Å². The molecule has 0 saturated carbocycles. The van der Waals surface area contributed by atoms with Crippen molar-refractivity contribution in [1.29, 1.82) is 0 Å². The summed E-state index contributed by atoms with van der Waals surface area (Å²) in [4.78, 5) is 27.0. The molecule has 0 aromatic rings. The van der Waals surface area contributed by atoms with E-state index in [-0.39, 0.29) is 24.4 Å². The second-order valence-electron chi connectivity index (χ2n) is 4.64. The summed E-state index contributed by atoms with van der Waals surface area (Å²) in [5, 5.41) is 2.60. The van der Waals surface area contributed by atoms with Crippen molar-refractivity contribution in [2.45, 2.75) is 19.4 Å². The second-order valence-corrected chi connectivity index (χ2v) is 4.64. The first kappa shape index (κ1) is 14.9. The Hall–Kier alpha value is -1.14. The molecule has 1 fully saturated rings. The zero-order chi connectivity index (χ0) is 13.5. The number of likely N-dealkylation sites (N-methyl/N-ethyl adjacent to an activating group) is 1. The van der Waals surface area contributed by atoms with Crippen LogP contribution in [0.25, 0.3) is 0 Å². The zero-order valence-electron chi connectivity index (χ0n) is 11.4. The van der Waals surface area contributed by atoms with Crippen LogP contribution in [0.5, 0.6) is 0 Å². The summed E-state index contributed by atoms with van der Waals surface area (Å²) in [6.07, 6.45) is 0.634. The number of hydrogen-bond acceptors (Lipinski definition) is 4. The third-order valence-corrected chi connectivity index (χ3v) is 2.96. The van der Waals surface area contributed by atoms with E-state index in [2.05, 4.69) is 5.32 Å². The molecule has 0 aliphatic carbocycles. The molecule has 1 aliphatic rings. The normalized spacial score (nSPS) is 20.4. The number of amides is 2. The van der Waals surface area contributed by atoms with Crippen molar-refractivity contribution < 1.29 is 14.3 Å². The van der Waals surface area contributed by atoms with Gasteiger partial charge in [0.05, 0.1) is 19.8 Å². The van der Waals surface area contributed by atoms with E-state index < -0.39 is 0 Å². The van der Waals surface area contributed by atoms with Crippen molar-refractivity contribution in [3.8, 4) is 0 Å². The summed E-state index contributed by atoms with van der Waals surface area (Å²) in [7, 11) is 3.96. The van der Waals surface area contributed by atoms with Crippen LogP contribution in [0.15, 0.2) is 0 Å². The van der Waals surface area contributed by atoms with Crippen LogP contribution in [0, 0.1) is 0 Å². The minimum atomic E-state index is -0.344. The lowest BCUT2D eigenvalue weighted by Crippen LogP contribution is -2.58. The molecule has 1 saturated heterocycles. The van der Waals surface area contributed by atoms with Crippen molar-refractivity contribution in [3.05, 3.63) is 0 Å². The van der Waals surface area contributed by atoms with E-state index in [0.717, 1.165) is 6.54 Å². The number of hydrogen-bond donors (Lipinski definition) is 1. The molecule has 0 bridgehead atoms. The predicted molar refractivity (Wildman–Crippen MR) is 68.2 cm³/mol. The fourth-order valence-electron chi connectivity index (χ4n) is 1.90. The SMILES string of the molecule is CCC1C(=O)NCC(=O)N1CCOCCN(C)C. The van der Waals surface area contributed by atoms with Crippen LogP contribution >= 0.6 is 0 Å². The van der Waals surface area contributed by atoms with Gasteiger partial charge in [-0.15, -0.1) is 0 Å². The van der Waals surface area contributed by atoms with Crippen LogP contribution in [0.1, 0.15) is 13.3 Å². The first-order valence-corrected chi connectivity index (χ1v) is 6.36. The highest BCUT2D eigenvalue weighted by Gasteiger charge is 2.32. The van der Waals surface area contributed by atoms with Gasteiger partial charge in [0.25, 0.3) is 0 Å². The third-order valence-electron chi connectivity index (χ3n) is 2.96. The van der Waals surface area contributed by atoms with E-state index >= 15 is 0 Å². The highest BCUT2D eigenvalue weighted by atomic mass is 16.5. The fourth-order valence-corrected chi connectivity index (χ4v) is 1.90. The molecule has 1 N–H and O–H groups in total. The summed E-state index contributed by atoms with van der Waals surface area (Å²) in [6, 6.07) is -0.344. The number of piperazine rings is 1. The van der Waals surface area contributed by atoms with E-state index in [1.807, 2.05) is 25.9 Å². The lowest BCUT2D eigenvalue weighted by atomic mass is 10.1. The minimum Gasteiger partial charge on any atom is -0.378 e. The summed E-state index contributed by atoms with van der Waals surface area (Å²) in [6.45, 7) is 4.46. The van der Waals surface area contributed by atoms with Gasteiger partial charge in [-0.05, 0) is 20.5 Å². The van der Waals surface area contributed by atoms with E-state index in [1.54, 1.807) is 4.90 Å². The number of rotatable bonds is 7. The highest BCUT2D eigenvalue weighted by molar-refractivity contribution is 5.94. The van der Waals surface area contributed by atoms with Gasteiger partial charge < -0.3 is 19.9 Å². The standard InChI is InChI=1S/C12H23N3O3/c1-4-10-12(17)13-9-11(16)15(10)6-8-18-7-5-14(2)3/h10H,4-9H2,1-3H3,(H,13,17). The lowest BCUT2D eigenvalue weighted by Gasteiger charge is -2.34. The molecule has 1 rings (SSSR count). The van der Waals surface area contributed by atoms with Gasteiger partial charge in [0.2, 0.25) is 11.8 Å². The van der Waals surface area contributed by atoms with Crippen molar-refractivity contribution >= 4 is 11.8 Å². The maximum Gasteiger partial charge on any atom is 0.243 e. The minimum absolute atomic E-state index is 0.0299. The Balaban J connectivity index is 2.33. The molecule has 18 heavy (non-hydrogen) atoms. The monoisotopic (exact) mass is 257 g/mol. The van der Waals surface area contributed by atoms with Gasteiger partial charge in [-0.25, -0.2) is 0 Å². The molecule has 104 valence electrons. The molecule has 6 nitrogen and oxygen atoms in total. The van der Waals surface area contributed by atoms with E-state index in [1.165, 1.54) is 0 Å². The highest BCUT2D eigenvalue weighted by Crippen LogP contribution is 2.08. The average Bonchev–Trinajstić information content (AvgIpc) is 2.32. The van der Waals surface area contributed by atoms with Crippen LogP contribution < -0.4 is 5.32 Å². The Morgan fingerprint density at radius 2 is 2.11 bits per heavy atom. The number of carbonyl (C=O) groups is 2. The number of nitrogens with one attached hydrogen (secondary N) is 1. The second kappa shape index (κ2) is 7.33. The van der Waals surface area contributed by atoms with Crippen LogP contribution in [0.4, 0.5) is 0 Å². The third kappa shape index (κ3) is 4.27. The molecule has 1 unspecified atom stereocenters. The maximum absolute atomic E-state index is 11.7. The van der Waals surface area contributed by atoms with E-state index in [9.17, 15) is 9.59 Å². The average molecular weight is 257 g/mol. The van der Waals surface area contributed by atoms with E-state index in [4.69, 9.17) is 4.74 Å². The van der Waals surface area contributed by atoms with Gasteiger partial charge in [0, 0.05) is 13.1 Å². The van der Waals surface area contributed by atoms with Gasteiger partial charge in [-0.2, -0.15) is 0 Å². The van der Waals surface area contributed by atoms with Crippen molar-refractivity contribution in [1.82, 2.24) is 15.1 Å². The number of ether oxygens (including phenoxy) is 1. The predicted octanol–water partition coefficient (Wildman–Crippen LogP) is -0.698. The molecule has 2 amide bonds. The van der Waals surface area contributed by atoms with Crippen molar-refractivity contribution in [2.75, 3.05) is 46.9 Å². The molecule has 0 aromatic heterocycles. The smallest absolute Gasteiger partial charge is 0.243 e.